The van der Waals surface area contributed by atoms with E-state index in [0.717, 1.165) is 27.0 Å². The van der Waals surface area contributed by atoms with Crippen molar-refractivity contribution in [2.24, 2.45) is 0 Å². The van der Waals surface area contributed by atoms with Crippen LogP contribution in [0.2, 0.25) is 0 Å². The number of ether oxygens (including phenoxy) is 1. The maximum Gasteiger partial charge on any atom is 0.267 e. The Labute approximate surface area is 166 Å². The van der Waals surface area contributed by atoms with E-state index in [-0.39, 0.29) is 5.56 Å². The Hall–Kier alpha value is -3.94. The van der Waals surface area contributed by atoms with Gasteiger partial charge < -0.3 is 9.72 Å². The highest BCUT2D eigenvalue weighted by molar-refractivity contribution is 5.93. The number of hydrogen-bond acceptors (Lipinski definition) is 5. The molecule has 146 valence electrons. The van der Waals surface area contributed by atoms with Gasteiger partial charge in [-0.15, -0.1) is 0 Å². The van der Waals surface area contributed by atoms with Crippen molar-refractivity contribution in [2.75, 3.05) is 12.4 Å². The van der Waals surface area contributed by atoms with Crippen LogP contribution in [-0.2, 0) is 4.79 Å². The van der Waals surface area contributed by atoms with Crippen LogP contribution < -0.4 is 15.6 Å². The van der Waals surface area contributed by atoms with Crippen LogP contribution in [0.4, 0.5) is 5.95 Å². The number of anilines is 1. The molecule has 0 fully saturated rings. The highest BCUT2D eigenvalue weighted by Crippen LogP contribution is 2.20. The van der Waals surface area contributed by atoms with Crippen LogP contribution in [0.5, 0.6) is 5.75 Å². The number of benzene rings is 2. The molecule has 29 heavy (non-hydrogen) atoms. The molecule has 2 aromatic heterocycles. The minimum atomic E-state index is -0.825. The topological polar surface area (TPSA) is 102 Å². The number of nitrogens with one attached hydrogen (secondary N) is 2. The molecule has 4 rings (SSSR count). The molecule has 0 saturated heterocycles. The normalized spacial score (nSPS) is 11.9. The van der Waals surface area contributed by atoms with Gasteiger partial charge in [-0.2, -0.15) is 5.10 Å². The van der Waals surface area contributed by atoms with E-state index in [0.29, 0.717) is 11.6 Å². The summed E-state index contributed by atoms with van der Waals surface area (Å²) in [5.74, 6) is 0.647. The Morgan fingerprint density at radius 1 is 1.10 bits per heavy atom. The van der Waals surface area contributed by atoms with Crippen LogP contribution in [0.15, 0.2) is 65.5 Å². The molecule has 0 saturated carbocycles. The minimum absolute atomic E-state index is 0.322. The van der Waals surface area contributed by atoms with E-state index in [4.69, 9.17) is 4.74 Å². The molecule has 0 radical (unpaired) electrons. The molecule has 1 amide bonds. The average Bonchev–Trinajstić information content (AvgIpc) is 3.16. The minimum Gasteiger partial charge on any atom is -0.497 e. The Bertz CT molecular complexity index is 1190. The molecule has 0 aliphatic carbocycles. The number of methoxy groups -OCH3 is 1. The first-order valence-corrected chi connectivity index (χ1v) is 9.05. The molecular formula is C21H19N5O3. The molecule has 0 aliphatic rings. The molecule has 0 aliphatic heterocycles. The zero-order chi connectivity index (χ0) is 20.4. The van der Waals surface area contributed by atoms with E-state index in [9.17, 15) is 9.59 Å². The third kappa shape index (κ3) is 3.73. The summed E-state index contributed by atoms with van der Waals surface area (Å²) in [6, 6.07) is 17.0. The average molecular weight is 389 g/mol. The van der Waals surface area contributed by atoms with E-state index in [1.807, 2.05) is 48.5 Å². The number of imidazole rings is 1. The number of nitrogens with zero attached hydrogens (tertiary/aromatic N) is 3. The van der Waals surface area contributed by atoms with E-state index < -0.39 is 11.9 Å². The number of aromatic nitrogens is 4. The van der Waals surface area contributed by atoms with Crippen LogP contribution in [0.1, 0.15) is 13.0 Å². The summed E-state index contributed by atoms with van der Waals surface area (Å²) < 4.78 is 6.32. The first-order chi connectivity index (χ1) is 14.0. The van der Waals surface area contributed by atoms with E-state index in [2.05, 4.69) is 20.4 Å². The van der Waals surface area contributed by atoms with E-state index >= 15 is 0 Å². The highest BCUT2D eigenvalue weighted by atomic mass is 16.5. The molecule has 4 aromatic rings. The first kappa shape index (κ1) is 18.4. The van der Waals surface area contributed by atoms with Gasteiger partial charge >= 0.3 is 0 Å². The lowest BCUT2D eigenvalue weighted by Gasteiger charge is -2.14. The zero-order valence-electron chi connectivity index (χ0n) is 15.9. The van der Waals surface area contributed by atoms with Crippen molar-refractivity contribution in [2.45, 2.75) is 13.0 Å². The van der Waals surface area contributed by atoms with Gasteiger partial charge in [0, 0.05) is 11.6 Å². The van der Waals surface area contributed by atoms with Gasteiger partial charge in [-0.1, -0.05) is 12.1 Å². The molecule has 1 atom stereocenters. The molecule has 8 nitrogen and oxygen atoms in total. The van der Waals surface area contributed by atoms with E-state index in [1.165, 1.54) is 6.07 Å². The number of amides is 1. The van der Waals surface area contributed by atoms with Crippen molar-refractivity contribution >= 4 is 22.9 Å². The van der Waals surface area contributed by atoms with Crippen LogP contribution in [0.25, 0.3) is 22.3 Å². The summed E-state index contributed by atoms with van der Waals surface area (Å²) in [7, 11) is 1.59. The first-order valence-electron chi connectivity index (χ1n) is 9.05. The molecular weight excluding hydrogens is 370 g/mol. The van der Waals surface area contributed by atoms with Gasteiger partial charge in [-0.05, 0) is 49.4 Å². The Morgan fingerprint density at radius 2 is 1.86 bits per heavy atom. The summed E-state index contributed by atoms with van der Waals surface area (Å²) in [5, 5.41) is 7.08. The molecule has 2 heterocycles. The predicted molar refractivity (Wildman–Crippen MR) is 110 cm³/mol. The number of carbonyl (C=O) groups excluding carboxylic acids is 1. The predicted octanol–water partition coefficient (Wildman–Crippen LogP) is 2.99. The lowest BCUT2D eigenvalue weighted by Crippen LogP contribution is -2.33. The van der Waals surface area contributed by atoms with Crippen molar-refractivity contribution in [1.82, 2.24) is 19.7 Å². The summed E-state index contributed by atoms with van der Waals surface area (Å²) in [6.45, 7) is 1.62. The van der Waals surface area contributed by atoms with Crippen LogP contribution in [0.3, 0.4) is 0 Å². The lowest BCUT2D eigenvalue weighted by atomic mass is 10.1. The van der Waals surface area contributed by atoms with E-state index in [1.54, 1.807) is 20.1 Å². The third-order valence-electron chi connectivity index (χ3n) is 4.59. The number of carbonyl (C=O) groups is 1. The van der Waals surface area contributed by atoms with Crippen LogP contribution in [-0.4, -0.2) is 32.8 Å². The Kier molecular flexibility index (Phi) is 4.82. The molecule has 8 heteroatoms. The zero-order valence-corrected chi connectivity index (χ0v) is 15.9. The van der Waals surface area contributed by atoms with Gasteiger partial charge in [0.2, 0.25) is 5.95 Å². The number of aromatic amines is 1. The standard InChI is InChI=1S/C21H19N5O3/c1-13(20(28)24-21-22-17-5-3-4-6-18(17)23-21)26-19(27)12-11-16(25-26)14-7-9-15(29-2)10-8-14/h3-13H,1-2H3,(H2,22,23,24,28). The second kappa shape index (κ2) is 7.59. The second-order valence-electron chi connectivity index (χ2n) is 6.50. The molecule has 0 bridgehead atoms. The van der Waals surface area contributed by atoms with Gasteiger partial charge in [0.05, 0.1) is 23.8 Å². The number of fused-ring (bicyclic) bond motifs is 1. The number of hydrogen-bond donors (Lipinski definition) is 2. The second-order valence-corrected chi connectivity index (χ2v) is 6.50. The van der Waals surface area contributed by atoms with Crippen molar-refractivity contribution in [3.05, 3.63) is 71.0 Å². The van der Waals surface area contributed by atoms with Crippen LogP contribution >= 0.6 is 0 Å². The summed E-state index contributed by atoms with van der Waals surface area (Å²) in [6.07, 6.45) is 0. The van der Waals surface area contributed by atoms with Gasteiger partial charge in [-0.25, -0.2) is 9.67 Å². The molecule has 0 spiro atoms. The maximum atomic E-state index is 12.7. The third-order valence-corrected chi connectivity index (χ3v) is 4.59. The number of rotatable bonds is 5. The maximum absolute atomic E-state index is 12.7. The van der Waals surface area contributed by atoms with Gasteiger partial charge in [0.15, 0.2) is 0 Å². The Balaban J connectivity index is 1.58. The largest absolute Gasteiger partial charge is 0.497 e. The SMILES string of the molecule is COc1ccc(-c2ccc(=O)n(C(C)C(=O)Nc3nc4ccccc4[nH]3)n2)cc1. The highest BCUT2D eigenvalue weighted by Gasteiger charge is 2.19. The van der Waals surface area contributed by atoms with Crippen molar-refractivity contribution in [3.8, 4) is 17.0 Å². The fourth-order valence-electron chi connectivity index (χ4n) is 2.96. The quantitative estimate of drug-likeness (QED) is 0.546. The number of H-pyrrole nitrogens is 1. The van der Waals surface area contributed by atoms with Crippen molar-refractivity contribution < 1.29 is 9.53 Å². The van der Waals surface area contributed by atoms with Crippen molar-refractivity contribution in [1.29, 1.82) is 0 Å². The van der Waals surface area contributed by atoms with Gasteiger partial charge in [0.1, 0.15) is 11.8 Å². The smallest absolute Gasteiger partial charge is 0.267 e. The van der Waals surface area contributed by atoms with Crippen molar-refractivity contribution in [3.63, 3.8) is 0 Å². The lowest BCUT2D eigenvalue weighted by molar-refractivity contribution is -0.119. The molecule has 2 N–H and O–H groups in total. The summed E-state index contributed by atoms with van der Waals surface area (Å²) in [5.41, 5.74) is 2.58. The summed E-state index contributed by atoms with van der Waals surface area (Å²) >= 11 is 0. The monoisotopic (exact) mass is 389 g/mol. The summed E-state index contributed by atoms with van der Waals surface area (Å²) in [4.78, 5) is 32.4. The van der Waals surface area contributed by atoms with Gasteiger partial charge in [-0.3, -0.25) is 14.9 Å². The Morgan fingerprint density at radius 3 is 2.59 bits per heavy atom. The molecule has 1 unspecified atom stereocenters. The van der Waals surface area contributed by atoms with Crippen LogP contribution in [0, 0.1) is 0 Å². The fourth-order valence-corrected chi connectivity index (χ4v) is 2.96. The number of para-hydroxylation sites is 2. The molecule has 2 aromatic carbocycles. The van der Waals surface area contributed by atoms with Gasteiger partial charge in [0.25, 0.3) is 11.5 Å². The fraction of sp³-hybridized carbons (Fsp3) is 0.143.